The number of hydrogen-bond donors (Lipinski definition) is 2. The molecule has 9 heteroatoms. The molecule has 0 rings (SSSR count). The van der Waals surface area contributed by atoms with Gasteiger partial charge in [0, 0.05) is 19.6 Å². The average molecular weight is 848 g/mol. The first-order valence-electron chi connectivity index (χ1n) is 23.9. The largest absolute Gasteiger partial charge is 0.472 e. The molecule has 8 nitrogen and oxygen atoms in total. The highest BCUT2D eigenvalue weighted by molar-refractivity contribution is 7.47. The summed E-state index contributed by atoms with van der Waals surface area (Å²) in [5.41, 5.74) is 5.38. The van der Waals surface area contributed by atoms with Gasteiger partial charge in [-0.3, -0.25) is 13.8 Å². The molecule has 0 aromatic rings. The third-order valence-corrected chi connectivity index (χ3v) is 10.9. The van der Waals surface area contributed by atoms with E-state index < -0.39 is 13.9 Å². The van der Waals surface area contributed by atoms with E-state index in [4.69, 9.17) is 24.3 Å². The van der Waals surface area contributed by atoms with E-state index in [1.165, 1.54) is 96.3 Å². The fourth-order valence-corrected chi connectivity index (χ4v) is 7.18. The Bertz CT molecular complexity index is 1130. The predicted octanol–water partition coefficient (Wildman–Crippen LogP) is 14.7. The monoisotopic (exact) mass is 848 g/mol. The zero-order chi connectivity index (χ0) is 43.0. The van der Waals surface area contributed by atoms with Crippen molar-refractivity contribution in [3.63, 3.8) is 0 Å². The number of phosphoric ester groups is 1. The third kappa shape index (κ3) is 46.9. The molecule has 3 N–H and O–H groups in total. The van der Waals surface area contributed by atoms with Gasteiger partial charge in [0.1, 0.15) is 6.10 Å². The van der Waals surface area contributed by atoms with Crippen molar-refractivity contribution in [3.8, 4) is 0 Å². The van der Waals surface area contributed by atoms with Crippen LogP contribution in [0.4, 0.5) is 0 Å². The molecular weight excluding hydrogens is 758 g/mol. The van der Waals surface area contributed by atoms with Gasteiger partial charge in [0.05, 0.1) is 19.8 Å². The van der Waals surface area contributed by atoms with E-state index in [1.807, 2.05) is 0 Å². The molecule has 0 aliphatic heterocycles. The van der Waals surface area contributed by atoms with E-state index in [-0.39, 0.29) is 32.3 Å². The van der Waals surface area contributed by atoms with Crippen molar-refractivity contribution in [1.82, 2.24) is 0 Å². The molecule has 0 saturated heterocycles. The van der Waals surface area contributed by atoms with Crippen LogP contribution in [-0.4, -0.2) is 49.9 Å². The highest BCUT2D eigenvalue weighted by Gasteiger charge is 2.25. The summed E-state index contributed by atoms with van der Waals surface area (Å²) < 4.78 is 33.5. The highest BCUT2D eigenvalue weighted by Crippen LogP contribution is 2.43. The van der Waals surface area contributed by atoms with Crippen molar-refractivity contribution in [3.05, 3.63) is 72.9 Å². The van der Waals surface area contributed by atoms with E-state index in [2.05, 4.69) is 86.8 Å². The summed E-state index contributed by atoms with van der Waals surface area (Å²) in [5, 5.41) is 0. The maximum Gasteiger partial charge on any atom is 0.472 e. The van der Waals surface area contributed by atoms with Crippen molar-refractivity contribution < 1.29 is 32.8 Å². The summed E-state index contributed by atoms with van der Waals surface area (Å²) in [6.07, 6.45) is 59.2. The zero-order valence-corrected chi connectivity index (χ0v) is 38.9. The number of esters is 1. The summed E-state index contributed by atoms with van der Waals surface area (Å²) in [5.74, 6) is -0.345. The minimum atomic E-state index is -4.29. The number of phosphoric acid groups is 1. The Kier molecular flexibility index (Phi) is 45.4. The van der Waals surface area contributed by atoms with Crippen LogP contribution in [0.15, 0.2) is 72.9 Å². The second-order valence-electron chi connectivity index (χ2n) is 15.6. The van der Waals surface area contributed by atoms with E-state index in [0.29, 0.717) is 13.0 Å². The Morgan fingerprint density at radius 1 is 0.525 bits per heavy atom. The highest BCUT2D eigenvalue weighted by atomic mass is 31.2. The number of rotatable bonds is 45. The molecule has 0 radical (unpaired) electrons. The van der Waals surface area contributed by atoms with Crippen molar-refractivity contribution in [2.75, 3.05) is 33.0 Å². The van der Waals surface area contributed by atoms with E-state index in [0.717, 1.165) is 83.5 Å². The van der Waals surface area contributed by atoms with E-state index >= 15 is 0 Å². The Hall–Kier alpha value is -2.06. The Labute approximate surface area is 363 Å². The quantitative estimate of drug-likeness (QED) is 0.0269. The number of allylic oxidation sites excluding steroid dienone is 12. The first-order chi connectivity index (χ1) is 28.9. The lowest BCUT2D eigenvalue weighted by molar-refractivity contribution is -0.154. The summed E-state index contributed by atoms with van der Waals surface area (Å²) >= 11 is 0. The molecule has 0 aliphatic carbocycles. The number of hydrogen-bond acceptors (Lipinski definition) is 7. The van der Waals surface area contributed by atoms with Crippen molar-refractivity contribution in [2.24, 2.45) is 5.73 Å². The number of carbonyl (C=O) groups excluding carboxylic acids is 1. The normalized spacial score (nSPS) is 14.0. The fourth-order valence-electron chi connectivity index (χ4n) is 6.41. The van der Waals surface area contributed by atoms with E-state index in [1.54, 1.807) is 0 Å². The van der Waals surface area contributed by atoms with Gasteiger partial charge in [-0.15, -0.1) is 0 Å². The van der Waals surface area contributed by atoms with Crippen LogP contribution < -0.4 is 5.73 Å². The lowest BCUT2D eigenvalue weighted by atomic mass is 10.0. The van der Waals surface area contributed by atoms with Crippen LogP contribution in [0, 0.1) is 0 Å². The summed E-state index contributed by atoms with van der Waals surface area (Å²) in [7, 11) is -4.29. The number of unbranched alkanes of at least 4 members (excludes halogenated alkanes) is 20. The van der Waals surface area contributed by atoms with Gasteiger partial charge in [-0.25, -0.2) is 4.57 Å². The molecule has 2 atom stereocenters. The van der Waals surface area contributed by atoms with Gasteiger partial charge < -0.3 is 20.1 Å². The van der Waals surface area contributed by atoms with Gasteiger partial charge in [0.2, 0.25) is 0 Å². The smallest absolute Gasteiger partial charge is 0.457 e. The van der Waals surface area contributed by atoms with Gasteiger partial charge in [-0.1, -0.05) is 202 Å². The molecule has 0 bridgehead atoms. The van der Waals surface area contributed by atoms with Gasteiger partial charge >= 0.3 is 13.8 Å². The molecule has 342 valence electrons. The van der Waals surface area contributed by atoms with E-state index in [9.17, 15) is 14.3 Å². The fraction of sp³-hybridized carbons (Fsp3) is 0.740. The topological polar surface area (TPSA) is 117 Å². The van der Waals surface area contributed by atoms with Crippen molar-refractivity contribution in [2.45, 2.75) is 206 Å². The maximum atomic E-state index is 12.6. The van der Waals surface area contributed by atoms with Crippen molar-refractivity contribution >= 4 is 13.8 Å². The maximum absolute atomic E-state index is 12.6. The number of nitrogens with two attached hydrogens (primary N) is 1. The standard InChI is InChI=1S/C50H90NO7P/c1-3-5-7-9-11-13-15-17-19-20-21-22-23-24-25-26-27-28-29-31-33-35-37-39-41-43-50(52)58-49(48-57-59(53,54)56-46-44-51)47-55-45-42-40-38-36-34-32-30-18-16-14-12-10-8-6-4-2/h5,7,11,13,17,19,21-22,24-25,27-28,49H,3-4,6,8-10,12,14-16,18,20,23,26,29-48,51H2,1-2H3,(H,53,54)/b7-5-,13-11-,19-17-,22-21-,25-24-,28-27-. The van der Waals surface area contributed by atoms with Gasteiger partial charge in [0.25, 0.3) is 0 Å². The second kappa shape index (κ2) is 47.0. The SMILES string of the molecule is CC/C=C\C/C=C\C/C=C\C/C=C\C/C=C\C/C=C\CCCCCCCCC(=O)OC(COCCCCCCCCCCCCCCCCC)COP(=O)(O)OCCN. The van der Waals surface area contributed by atoms with Crippen LogP contribution in [0.2, 0.25) is 0 Å². The minimum Gasteiger partial charge on any atom is -0.457 e. The number of ether oxygens (including phenoxy) is 2. The summed E-state index contributed by atoms with van der Waals surface area (Å²) in [6, 6.07) is 0. The van der Waals surface area contributed by atoms with Crippen LogP contribution >= 0.6 is 7.82 Å². The molecule has 59 heavy (non-hydrogen) atoms. The molecule has 0 aromatic carbocycles. The van der Waals surface area contributed by atoms with Gasteiger partial charge in [-0.05, 0) is 64.2 Å². The first kappa shape index (κ1) is 56.9. The second-order valence-corrected chi connectivity index (χ2v) is 17.1. The number of carbonyl (C=O) groups is 1. The molecule has 0 aliphatic rings. The first-order valence-corrected chi connectivity index (χ1v) is 25.4. The molecule has 0 fully saturated rings. The molecular formula is C50H90NO7P. The minimum absolute atomic E-state index is 0.0954. The lowest BCUT2D eigenvalue weighted by Gasteiger charge is -2.20. The Balaban J connectivity index is 4.02. The Morgan fingerprint density at radius 3 is 1.42 bits per heavy atom. The molecule has 0 amide bonds. The third-order valence-electron chi connectivity index (χ3n) is 9.89. The molecule has 0 heterocycles. The van der Waals surface area contributed by atoms with Crippen molar-refractivity contribution in [1.29, 1.82) is 0 Å². The van der Waals surface area contributed by atoms with Crippen LogP contribution in [0.5, 0.6) is 0 Å². The molecule has 0 spiro atoms. The van der Waals surface area contributed by atoms with Gasteiger partial charge in [-0.2, -0.15) is 0 Å². The molecule has 2 unspecified atom stereocenters. The van der Waals surface area contributed by atoms with Crippen LogP contribution in [0.1, 0.15) is 200 Å². The summed E-state index contributed by atoms with van der Waals surface area (Å²) in [4.78, 5) is 22.5. The zero-order valence-electron chi connectivity index (χ0n) is 38.0. The van der Waals surface area contributed by atoms with Crippen LogP contribution in [-0.2, 0) is 27.9 Å². The van der Waals surface area contributed by atoms with Gasteiger partial charge in [0.15, 0.2) is 0 Å². The Morgan fingerprint density at radius 2 is 0.949 bits per heavy atom. The lowest BCUT2D eigenvalue weighted by Crippen LogP contribution is -2.28. The molecule has 0 saturated carbocycles. The average Bonchev–Trinajstić information content (AvgIpc) is 3.23. The summed E-state index contributed by atoms with van der Waals surface area (Å²) in [6.45, 7) is 4.80. The predicted molar refractivity (Wildman–Crippen MR) is 252 cm³/mol. The van der Waals surface area contributed by atoms with Crippen LogP contribution in [0.25, 0.3) is 0 Å². The molecule has 0 aromatic heterocycles. The van der Waals surface area contributed by atoms with Crippen LogP contribution in [0.3, 0.4) is 0 Å².